The molecular formula is C19H16Cl2N2O2. The Morgan fingerprint density at radius 1 is 1.24 bits per heavy atom. The molecule has 0 saturated heterocycles. The van der Waals surface area contributed by atoms with Crippen LogP contribution in [0.2, 0.25) is 10.0 Å². The van der Waals surface area contributed by atoms with E-state index in [4.69, 9.17) is 23.2 Å². The van der Waals surface area contributed by atoms with Crippen LogP contribution < -0.4 is 5.32 Å². The fraction of sp³-hybridized carbons (Fsp3) is 0.263. The molecule has 0 aromatic heterocycles. The summed E-state index contributed by atoms with van der Waals surface area (Å²) in [6.07, 6.45) is 5.32. The highest BCUT2D eigenvalue weighted by atomic mass is 35.5. The summed E-state index contributed by atoms with van der Waals surface area (Å²) < 4.78 is 0. The maximum Gasteiger partial charge on any atom is 0.288 e. The van der Waals surface area contributed by atoms with Crippen molar-refractivity contribution in [3.63, 3.8) is 0 Å². The average molecular weight is 375 g/mol. The fourth-order valence-electron chi connectivity index (χ4n) is 4.03. The van der Waals surface area contributed by atoms with Crippen molar-refractivity contribution in [3.8, 4) is 0 Å². The molecule has 2 aromatic rings. The molecule has 0 fully saturated rings. The smallest absolute Gasteiger partial charge is 0.288 e. The molecule has 1 aliphatic carbocycles. The maximum absolute atomic E-state index is 11.2. The van der Waals surface area contributed by atoms with Crippen LogP contribution in [0.25, 0.3) is 0 Å². The van der Waals surface area contributed by atoms with Crippen LogP contribution in [0, 0.1) is 23.0 Å². The summed E-state index contributed by atoms with van der Waals surface area (Å²) in [5.74, 6) is 0.555. The molecule has 6 heteroatoms. The van der Waals surface area contributed by atoms with Crippen molar-refractivity contribution in [2.45, 2.75) is 25.3 Å². The predicted octanol–water partition coefficient (Wildman–Crippen LogP) is 6.04. The summed E-state index contributed by atoms with van der Waals surface area (Å²) in [6.45, 7) is 2.03. The first-order valence-electron chi connectivity index (χ1n) is 8.13. The Balaban J connectivity index is 1.82. The molecule has 0 spiro atoms. The fourth-order valence-corrected chi connectivity index (χ4v) is 4.50. The molecule has 2 aliphatic rings. The molecule has 0 amide bonds. The van der Waals surface area contributed by atoms with Crippen LogP contribution in [-0.2, 0) is 0 Å². The van der Waals surface area contributed by atoms with E-state index in [0.29, 0.717) is 5.92 Å². The van der Waals surface area contributed by atoms with E-state index in [1.54, 1.807) is 12.1 Å². The zero-order valence-electron chi connectivity index (χ0n) is 13.5. The number of nitro benzene ring substituents is 1. The van der Waals surface area contributed by atoms with Crippen LogP contribution >= 0.6 is 23.2 Å². The van der Waals surface area contributed by atoms with Crippen molar-refractivity contribution >= 4 is 34.6 Å². The summed E-state index contributed by atoms with van der Waals surface area (Å²) in [5.41, 5.74) is 4.18. The molecule has 25 heavy (non-hydrogen) atoms. The zero-order valence-corrected chi connectivity index (χ0v) is 15.0. The molecule has 2 aromatic carbocycles. The highest BCUT2D eigenvalue weighted by Crippen LogP contribution is 2.51. The number of nitro groups is 1. The molecular weight excluding hydrogens is 359 g/mol. The van der Waals surface area contributed by atoms with Crippen molar-refractivity contribution in [2.24, 2.45) is 5.92 Å². The molecule has 0 saturated carbocycles. The number of nitrogens with zero attached hydrogens (tertiary/aromatic N) is 1. The van der Waals surface area contributed by atoms with Crippen LogP contribution in [0.3, 0.4) is 0 Å². The van der Waals surface area contributed by atoms with Crippen molar-refractivity contribution in [1.82, 2.24) is 0 Å². The molecule has 0 bridgehead atoms. The van der Waals surface area contributed by atoms with Crippen LogP contribution in [0.15, 0.2) is 42.5 Å². The third-order valence-electron chi connectivity index (χ3n) is 5.16. The van der Waals surface area contributed by atoms with Crippen LogP contribution in [0.4, 0.5) is 11.4 Å². The van der Waals surface area contributed by atoms with Crippen LogP contribution in [0.1, 0.15) is 35.1 Å². The number of hydrogen-bond acceptors (Lipinski definition) is 3. The number of rotatable bonds is 2. The van der Waals surface area contributed by atoms with Gasteiger partial charge in [-0.1, -0.05) is 41.4 Å². The second kappa shape index (κ2) is 6.04. The Hall–Kier alpha value is -2.04. The molecule has 3 atom stereocenters. The van der Waals surface area contributed by atoms with E-state index in [-0.39, 0.29) is 22.7 Å². The number of anilines is 1. The minimum absolute atomic E-state index is 0.0108. The lowest BCUT2D eigenvalue weighted by Gasteiger charge is -2.38. The number of allylic oxidation sites excluding steroid dienone is 2. The highest BCUT2D eigenvalue weighted by Gasteiger charge is 2.39. The number of benzene rings is 2. The molecule has 128 valence electrons. The second-order valence-electron chi connectivity index (χ2n) is 6.63. The van der Waals surface area contributed by atoms with Gasteiger partial charge in [0.2, 0.25) is 0 Å². The Labute approximate surface area is 155 Å². The molecule has 0 radical (unpaired) electrons. The van der Waals surface area contributed by atoms with Gasteiger partial charge in [-0.2, -0.15) is 0 Å². The van der Waals surface area contributed by atoms with Crippen LogP contribution in [0.5, 0.6) is 0 Å². The van der Waals surface area contributed by atoms with Gasteiger partial charge < -0.3 is 5.32 Å². The Kier molecular flexibility index (Phi) is 3.97. The van der Waals surface area contributed by atoms with Crippen LogP contribution in [-0.4, -0.2) is 4.92 Å². The Bertz CT molecular complexity index is 911. The van der Waals surface area contributed by atoms with Gasteiger partial charge in [0.1, 0.15) is 5.02 Å². The first-order valence-corrected chi connectivity index (χ1v) is 8.88. The van der Waals surface area contributed by atoms with Gasteiger partial charge in [0.15, 0.2) is 0 Å². The van der Waals surface area contributed by atoms with Crippen molar-refractivity contribution in [1.29, 1.82) is 0 Å². The third kappa shape index (κ3) is 2.70. The lowest BCUT2D eigenvalue weighted by atomic mass is 9.76. The Morgan fingerprint density at radius 3 is 2.80 bits per heavy atom. The SMILES string of the molecule is Cc1cc(Cl)cc2c1N[C@H](c1ccc(Cl)c([N+](=O)[O-])c1)[C@@H]1CC=C[C@@H]21. The second-order valence-corrected chi connectivity index (χ2v) is 7.47. The van der Waals surface area contributed by atoms with Gasteiger partial charge in [0.25, 0.3) is 5.69 Å². The van der Waals surface area contributed by atoms with E-state index in [2.05, 4.69) is 17.5 Å². The lowest BCUT2D eigenvalue weighted by Crippen LogP contribution is -2.29. The number of hydrogen-bond donors (Lipinski definition) is 1. The van der Waals surface area contributed by atoms with E-state index < -0.39 is 4.92 Å². The topological polar surface area (TPSA) is 55.2 Å². The van der Waals surface area contributed by atoms with Crippen molar-refractivity contribution in [3.05, 3.63) is 79.3 Å². The van der Waals surface area contributed by atoms with Gasteiger partial charge in [-0.3, -0.25) is 10.1 Å². The molecule has 0 unspecified atom stereocenters. The summed E-state index contributed by atoms with van der Waals surface area (Å²) in [7, 11) is 0. The van der Waals surface area contributed by atoms with Gasteiger partial charge in [-0.15, -0.1) is 0 Å². The predicted molar refractivity (Wildman–Crippen MR) is 101 cm³/mol. The monoisotopic (exact) mass is 374 g/mol. The maximum atomic E-state index is 11.2. The molecule has 1 N–H and O–H groups in total. The number of nitrogens with one attached hydrogen (secondary N) is 1. The molecule has 4 nitrogen and oxygen atoms in total. The summed E-state index contributed by atoms with van der Waals surface area (Å²) >= 11 is 12.2. The molecule has 1 heterocycles. The largest absolute Gasteiger partial charge is 0.377 e. The molecule has 1 aliphatic heterocycles. The molecule has 4 rings (SSSR count). The highest BCUT2D eigenvalue weighted by molar-refractivity contribution is 6.32. The normalized spacial score (nSPS) is 23.7. The first-order chi connectivity index (χ1) is 12.0. The summed E-state index contributed by atoms with van der Waals surface area (Å²) in [6, 6.07) is 9.02. The zero-order chi connectivity index (χ0) is 17.7. The quantitative estimate of drug-likeness (QED) is 0.396. The van der Waals surface area contributed by atoms with E-state index in [1.165, 1.54) is 5.56 Å². The van der Waals surface area contributed by atoms with Gasteiger partial charge in [0, 0.05) is 22.7 Å². The van der Waals surface area contributed by atoms with Gasteiger partial charge >= 0.3 is 0 Å². The average Bonchev–Trinajstić information content (AvgIpc) is 3.04. The standard InChI is InChI=1S/C19H16Cl2N2O2/c1-10-7-12(20)9-15-13-3-2-4-14(13)19(22-18(10)15)11-5-6-16(21)17(8-11)23(24)25/h2-3,5-9,13-14,19,22H,4H2,1H3/t13-,14-,19-/m1/s1. The number of halogens is 2. The van der Waals surface area contributed by atoms with E-state index in [0.717, 1.165) is 28.3 Å². The minimum atomic E-state index is -0.433. The minimum Gasteiger partial charge on any atom is -0.377 e. The van der Waals surface area contributed by atoms with E-state index >= 15 is 0 Å². The summed E-state index contributed by atoms with van der Waals surface area (Å²) in [5, 5.41) is 15.7. The lowest BCUT2D eigenvalue weighted by molar-refractivity contribution is -0.384. The van der Waals surface area contributed by atoms with Crippen molar-refractivity contribution in [2.75, 3.05) is 5.32 Å². The van der Waals surface area contributed by atoms with E-state index in [1.807, 2.05) is 25.1 Å². The van der Waals surface area contributed by atoms with E-state index in [9.17, 15) is 10.1 Å². The number of fused-ring (bicyclic) bond motifs is 3. The van der Waals surface area contributed by atoms with Gasteiger partial charge in [0.05, 0.1) is 11.0 Å². The first kappa shape index (κ1) is 16.4. The number of aryl methyl sites for hydroxylation is 1. The Morgan fingerprint density at radius 2 is 2.04 bits per heavy atom. The summed E-state index contributed by atoms with van der Waals surface area (Å²) in [4.78, 5) is 10.8. The van der Waals surface area contributed by atoms with Crippen molar-refractivity contribution < 1.29 is 4.92 Å². The third-order valence-corrected chi connectivity index (χ3v) is 5.69. The van der Waals surface area contributed by atoms with Gasteiger partial charge in [-0.25, -0.2) is 0 Å². The van der Waals surface area contributed by atoms with Gasteiger partial charge in [-0.05, 0) is 54.2 Å².